The van der Waals surface area contributed by atoms with Crippen LogP contribution < -0.4 is 0 Å². The van der Waals surface area contributed by atoms with Crippen molar-refractivity contribution in [2.75, 3.05) is 32.9 Å². The first-order chi connectivity index (χ1) is 11.7. The van der Waals surface area contributed by atoms with E-state index < -0.39 is 0 Å². The summed E-state index contributed by atoms with van der Waals surface area (Å²) in [5.41, 5.74) is 0.922. The van der Waals surface area contributed by atoms with E-state index in [2.05, 4.69) is 6.07 Å². The van der Waals surface area contributed by atoms with Crippen molar-refractivity contribution in [3.63, 3.8) is 0 Å². The second-order valence-electron chi connectivity index (χ2n) is 6.73. The van der Waals surface area contributed by atoms with Crippen molar-refractivity contribution < 1.29 is 14.3 Å². The van der Waals surface area contributed by atoms with Gasteiger partial charge in [0.05, 0.1) is 24.7 Å². The van der Waals surface area contributed by atoms with Crippen LogP contribution in [0, 0.1) is 17.2 Å². The molecule has 128 valence electrons. The Hall–Kier alpha value is -1.90. The number of likely N-dealkylation sites (tertiary alicyclic amines) is 1. The van der Waals surface area contributed by atoms with Gasteiger partial charge in [-0.1, -0.05) is 6.07 Å². The summed E-state index contributed by atoms with van der Waals surface area (Å²) in [5, 5.41) is 8.97. The van der Waals surface area contributed by atoms with Gasteiger partial charge in [0, 0.05) is 25.4 Å². The fourth-order valence-electron chi connectivity index (χ4n) is 3.69. The van der Waals surface area contributed by atoms with Crippen LogP contribution in [0.15, 0.2) is 24.3 Å². The van der Waals surface area contributed by atoms with Crippen LogP contribution in [0.2, 0.25) is 0 Å². The fraction of sp³-hybridized carbons (Fsp3) is 0.579. The molecule has 24 heavy (non-hydrogen) atoms. The Balaban J connectivity index is 1.55. The third-order valence-corrected chi connectivity index (χ3v) is 4.95. The Kier molecular flexibility index (Phi) is 5.17. The lowest BCUT2D eigenvalue weighted by molar-refractivity contribution is -0.167. The first kappa shape index (κ1) is 16.9. The number of carbonyl (C=O) groups excluding carboxylic acids is 1. The molecule has 0 aromatic heterocycles. The van der Waals surface area contributed by atoms with Gasteiger partial charge in [-0.3, -0.25) is 4.79 Å². The minimum absolute atomic E-state index is 0.0160. The standard InChI is InChI=1S/C19H24N2O3/c1-2-23-8-6-15-7-9-24-19(11-15)13-21(14-19)18(22)17-5-3-4-16(10-17)12-20/h3-5,10,15H,2,6-9,11,13-14H2,1H3. The van der Waals surface area contributed by atoms with Crippen LogP contribution in [0.3, 0.4) is 0 Å². The molecule has 5 nitrogen and oxygen atoms in total. The number of amides is 1. The zero-order valence-electron chi connectivity index (χ0n) is 14.2. The zero-order chi connectivity index (χ0) is 17.0. The Labute approximate surface area is 143 Å². The number of ether oxygens (including phenoxy) is 2. The third-order valence-electron chi connectivity index (χ3n) is 4.95. The van der Waals surface area contributed by atoms with Crippen molar-refractivity contribution >= 4 is 5.91 Å². The molecule has 2 aliphatic rings. The molecule has 1 unspecified atom stereocenters. The van der Waals surface area contributed by atoms with E-state index in [1.807, 2.05) is 11.8 Å². The molecule has 1 aromatic rings. The van der Waals surface area contributed by atoms with E-state index in [9.17, 15) is 4.79 Å². The van der Waals surface area contributed by atoms with Crippen molar-refractivity contribution in [3.8, 4) is 6.07 Å². The average molecular weight is 328 g/mol. The smallest absolute Gasteiger partial charge is 0.254 e. The van der Waals surface area contributed by atoms with Crippen LogP contribution in [-0.4, -0.2) is 49.3 Å². The molecule has 5 heteroatoms. The average Bonchev–Trinajstić information content (AvgIpc) is 2.59. The molecule has 0 N–H and O–H groups in total. The molecule has 0 radical (unpaired) electrons. The zero-order valence-corrected chi connectivity index (χ0v) is 14.2. The molecular weight excluding hydrogens is 304 g/mol. The first-order valence-electron chi connectivity index (χ1n) is 8.67. The van der Waals surface area contributed by atoms with E-state index in [1.165, 1.54) is 0 Å². The van der Waals surface area contributed by atoms with Gasteiger partial charge in [-0.05, 0) is 50.3 Å². The van der Waals surface area contributed by atoms with Gasteiger partial charge < -0.3 is 14.4 Å². The van der Waals surface area contributed by atoms with Crippen LogP contribution in [0.4, 0.5) is 0 Å². The van der Waals surface area contributed by atoms with Gasteiger partial charge >= 0.3 is 0 Å². The second kappa shape index (κ2) is 7.33. The van der Waals surface area contributed by atoms with Crippen molar-refractivity contribution in [1.29, 1.82) is 5.26 Å². The Bertz CT molecular complexity index is 632. The minimum Gasteiger partial charge on any atom is -0.382 e. The molecule has 2 heterocycles. The van der Waals surface area contributed by atoms with Crippen LogP contribution in [-0.2, 0) is 9.47 Å². The summed E-state index contributed by atoms with van der Waals surface area (Å²) in [7, 11) is 0. The topological polar surface area (TPSA) is 62.6 Å². The molecule has 0 bridgehead atoms. The monoisotopic (exact) mass is 328 g/mol. The summed E-state index contributed by atoms with van der Waals surface area (Å²) in [6.45, 7) is 5.64. The molecule has 2 aliphatic heterocycles. The number of benzene rings is 1. The minimum atomic E-state index is -0.169. The maximum absolute atomic E-state index is 12.6. The van der Waals surface area contributed by atoms with Crippen molar-refractivity contribution in [1.82, 2.24) is 4.90 Å². The largest absolute Gasteiger partial charge is 0.382 e. The summed E-state index contributed by atoms with van der Waals surface area (Å²) >= 11 is 0. The maximum atomic E-state index is 12.6. The highest BCUT2D eigenvalue weighted by Gasteiger charge is 2.49. The van der Waals surface area contributed by atoms with Crippen LogP contribution >= 0.6 is 0 Å². The highest BCUT2D eigenvalue weighted by Crippen LogP contribution is 2.38. The molecular formula is C19H24N2O3. The van der Waals surface area contributed by atoms with Gasteiger partial charge in [0.25, 0.3) is 5.91 Å². The summed E-state index contributed by atoms with van der Waals surface area (Å²) in [5.74, 6) is 0.599. The van der Waals surface area contributed by atoms with Gasteiger partial charge in [0.15, 0.2) is 0 Å². The van der Waals surface area contributed by atoms with E-state index in [-0.39, 0.29) is 11.5 Å². The summed E-state index contributed by atoms with van der Waals surface area (Å²) in [6.07, 6.45) is 3.15. The van der Waals surface area contributed by atoms with Gasteiger partial charge in [-0.25, -0.2) is 0 Å². The molecule has 2 fully saturated rings. The molecule has 3 rings (SSSR count). The van der Waals surface area contributed by atoms with Gasteiger partial charge in [0.1, 0.15) is 5.60 Å². The lowest BCUT2D eigenvalue weighted by Gasteiger charge is -2.53. The lowest BCUT2D eigenvalue weighted by Crippen LogP contribution is -2.66. The Morgan fingerprint density at radius 2 is 2.33 bits per heavy atom. The molecule has 0 saturated carbocycles. The van der Waals surface area contributed by atoms with E-state index in [0.717, 1.165) is 39.1 Å². The molecule has 1 amide bonds. The molecule has 1 atom stereocenters. The van der Waals surface area contributed by atoms with Gasteiger partial charge in [0.2, 0.25) is 0 Å². The van der Waals surface area contributed by atoms with Crippen LogP contribution in [0.1, 0.15) is 42.1 Å². The quantitative estimate of drug-likeness (QED) is 0.780. The lowest BCUT2D eigenvalue weighted by atomic mass is 9.79. The number of rotatable bonds is 5. The van der Waals surface area contributed by atoms with E-state index in [0.29, 0.717) is 30.1 Å². The molecule has 1 aromatic carbocycles. The number of hydrogen-bond donors (Lipinski definition) is 0. The molecule has 1 spiro atoms. The fourth-order valence-corrected chi connectivity index (χ4v) is 3.69. The van der Waals surface area contributed by atoms with Crippen molar-refractivity contribution in [3.05, 3.63) is 35.4 Å². The number of nitrogens with zero attached hydrogens (tertiary/aromatic N) is 2. The normalized spacial score (nSPS) is 22.0. The van der Waals surface area contributed by atoms with E-state index in [1.54, 1.807) is 24.3 Å². The third kappa shape index (κ3) is 3.61. The Morgan fingerprint density at radius 1 is 1.50 bits per heavy atom. The van der Waals surface area contributed by atoms with Crippen molar-refractivity contribution in [2.45, 2.75) is 31.8 Å². The van der Waals surface area contributed by atoms with Crippen LogP contribution in [0.25, 0.3) is 0 Å². The van der Waals surface area contributed by atoms with Crippen LogP contribution in [0.5, 0.6) is 0 Å². The SMILES string of the molecule is CCOCCC1CCOC2(C1)CN(C(=O)c1cccc(C#N)c1)C2. The number of hydrogen-bond acceptors (Lipinski definition) is 4. The molecule has 0 aliphatic carbocycles. The first-order valence-corrected chi connectivity index (χ1v) is 8.67. The van der Waals surface area contributed by atoms with E-state index in [4.69, 9.17) is 14.7 Å². The summed E-state index contributed by atoms with van der Waals surface area (Å²) < 4.78 is 11.5. The second-order valence-corrected chi connectivity index (χ2v) is 6.73. The van der Waals surface area contributed by atoms with E-state index >= 15 is 0 Å². The number of nitriles is 1. The molecule has 2 saturated heterocycles. The van der Waals surface area contributed by atoms with Crippen molar-refractivity contribution in [2.24, 2.45) is 5.92 Å². The van der Waals surface area contributed by atoms with Gasteiger partial charge in [-0.15, -0.1) is 0 Å². The predicted molar refractivity (Wildman–Crippen MR) is 89.6 cm³/mol. The maximum Gasteiger partial charge on any atom is 0.254 e. The highest BCUT2D eigenvalue weighted by atomic mass is 16.5. The summed E-state index contributed by atoms with van der Waals surface area (Å²) in [4.78, 5) is 14.4. The highest BCUT2D eigenvalue weighted by molar-refractivity contribution is 5.95. The predicted octanol–water partition coefficient (Wildman–Crippen LogP) is 2.61. The number of carbonyl (C=O) groups is 1. The summed E-state index contributed by atoms with van der Waals surface area (Å²) in [6, 6.07) is 8.96. The van der Waals surface area contributed by atoms with Gasteiger partial charge in [-0.2, -0.15) is 5.26 Å². The Morgan fingerprint density at radius 3 is 3.08 bits per heavy atom.